The molecule has 0 heterocycles. The molecule has 3 aromatic rings. The van der Waals surface area contributed by atoms with Gasteiger partial charge in [0.2, 0.25) is 0 Å². The minimum atomic E-state index is -0.517. The van der Waals surface area contributed by atoms with E-state index in [2.05, 4.69) is 10.6 Å². The molecule has 0 aliphatic heterocycles. The summed E-state index contributed by atoms with van der Waals surface area (Å²) < 4.78 is 5.72. The number of halogens is 1. The van der Waals surface area contributed by atoms with Crippen molar-refractivity contribution in [3.63, 3.8) is 0 Å². The number of benzene rings is 3. The summed E-state index contributed by atoms with van der Waals surface area (Å²) in [5, 5.41) is 15.6. The van der Waals surface area contributed by atoms with Crippen LogP contribution in [0.1, 0.15) is 5.56 Å². The van der Waals surface area contributed by atoms with Crippen LogP contribution in [0, 0.1) is 18.3 Å². The molecule has 1 amide bonds. The summed E-state index contributed by atoms with van der Waals surface area (Å²) in [7, 11) is 0. The fourth-order valence-electron chi connectivity index (χ4n) is 2.49. The lowest BCUT2D eigenvalue weighted by Gasteiger charge is -2.09. The molecule has 0 fully saturated rings. The van der Waals surface area contributed by atoms with Crippen LogP contribution in [0.3, 0.4) is 0 Å². The molecule has 0 bridgehead atoms. The molecule has 0 radical (unpaired) electrons. The van der Waals surface area contributed by atoms with Crippen LogP contribution in [0.15, 0.2) is 84.6 Å². The molecule has 0 atom stereocenters. The summed E-state index contributed by atoms with van der Waals surface area (Å²) in [5.41, 5.74) is 2.04. The van der Waals surface area contributed by atoms with Crippen molar-refractivity contribution in [2.75, 3.05) is 10.6 Å². The summed E-state index contributed by atoms with van der Waals surface area (Å²) in [6, 6.07) is 23.6. The van der Waals surface area contributed by atoms with Gasteiger partial charge in [0.15, 0.2) is 0 Å². The quantitative estimate of drug-likeness (QED) is 0.397. The number of anilines is 2. The molecule has 0 aromatic heterocycles. The van der Waals surface area contributed by atoms with Crippen molar-refractivity contribution in [3.8, 4) is 17.6 Å². The van der Waals surface area contributed by atoms with E-state index in [4.69, 9.17) is 16.3 Å². The molecule has 0 unspecified atom stereocenters. The first-order chi connectivity index (χ1) is 14.1. The Morgan fingerprint density at radius 2 is 1.69 bits per heavy atom. The fraction of sp³-hybridized carbons (Fsp3) is 0.0435. The molecule has 0 saturated carbocycles. The Hall–Kier alpha value is -3.75. The molecule has 5 nitrogen and oxygen atoms in total. The van der Waals surface area contributed by atoms with E-state index in [1.165, 1.54) is 6.20 Å². The van der Waals surface area contributed by atoms with Crippen molar-refractivity contribution in [1.29, 1.82) is 5.26 Å². The highest BCUT2D eigenvalue weighted by Gasteiger charge is 2.10. The third kappa shape index (κ3) is 5.38. The second-order valence-corrected chi connectivity index (χ2v) is 6.53. The van der Waals surface area contributed by atoms with Gasteiger partial charge in [0, 0.05) is 22.6 Å². The molecule has 0 aliphatic rings. The number of nitriles is 1. The molecule has 2 N–H and O–H groups in total. The van der Waals surface area contributed by atoms with E-state index in [9.17, 15) is 10.1 Å². The van der Waals surface area contributed by atoms with Crippen LogP contribution >= 0.6 is 11.6 Å². The zero-order valence-electron chi connectivity index (χ0n) is 15.6. The number of rotatable bonds is 6. The minimum Gasteiger partial charge on any atom is -0.457 e. The first-order valence-electron chi connectivity index (χ1n) is 8.83. The lowest BCUT2D eigenvalue weighted by Crippen LogP contribution is -2.14. The molecular weight excluding hydrogens is 386 g/mol. The average Bonchev–Trinajstić information content (AvgIpc) is 2.73. The summed E-state index contributed by atoms with van der Waals surface area (Å²) in [6.07, 6.45) is 1.36. The van der Waals surface area contributed by atoms with Gasteiger partial charge in [-0.25, -0.2) is 0 Å². The Kier molecular flexibility index (Phi) is 6.51. The van der Waals surface area contributed by atoms with E-state index in [0.717, 1.165) is 17.0 Å². The van der Waals surface area contributed by atoms with Crippen LogP contribution in [0.5, 0.6) is 11.5 Å². The largest absolute Gasteiger partial charge is 0.457 e. The number of amides is 1. The fourth-order valence-corrected chi connectivity index (χ4v) is 2.67. The van der Waals surface area contributed by atoms with Gasteiger partial charge in [-0.1, -0.05) is 35.9 Å². The molecule has 0 aliphatic carbocycles. The Morgan fingerprint density at radius 3 is 2.38 bits per heavy atom. The van der Waals surface area contributed by atoms with Crippen molar-refractivity contribution in [1.82, 2.24) is 0 Å². The maximum Gasteiger partial charge on any atom is 0.267 e. The number of hydrogen-bond donors (Lipinski definition) is 2. The predicted octanol–water partition coefficient (Wildman–Crippen LogP) is 5.90. The average molecular weight is 404 g/mol. The molecule has 0 saturated heterocycles. The lowest BCUT2D eigenvalue weighted by molar-refractivity contribution is -0.112. The smallest absolute Gasteiger partial charge is 0.267 e. The zero-order valence-corrected chi connectivity index (χ0v) is 16.4. The van der Waals surface area contributed by atoms with E-state index < -0.39 is 5.91 Å². The van der Waals surface area contributed by atoms with Gasteiger partial charge in [0.1, 0.15) is 23.1 Å². The van der Waals surface area contributed by atoms with Gasteiger partial charge >= 0.3 is 0 Å². The highest BCUT2D eigenvalue weighted by molar-refractivity contribution is 6.31. The topological polar surface area (TPSA) is 74.2 Å². The highest BCUT2D eigenvalue weighted by Crippen LogP contribution is 2.24. The van der Waals surface area contributed by atoms with E-state index in [-0.39, 0.29) is 5.57 Å². The van der Waals surface area contributed by atoms with Gasteiger partial charge in [-0.15, -0.1) is 0 Å². The Morgan fingerprint density at radius 1 is 1.00 bits per heavy atom. The normalized spacial score (nSPS) is 10.7. The summed E-state index contributed by atoms with van der Waals surface area (Å²) in [6.45, 7) is 1.85. The van der Waals surface area contributed by atoms with Crippen LogP contribution in [0.4, 0.5) is 11.4 Å². The van der Waals surface area contributed by atoms with Gasteiger partial charge in [0.05, 0.1) is 0 Å². The van der Waals surface area contributed by atoms with Gasteiger partial charge in [-0.3, -0.25) is 4.79 Å². The van der Waals surface area contributed by atoms with E-state index in [1.807, 2.05) is 49.4 Å². The second kappa shape index (κ2) is 9.45. The van der Waals surface area contributed by atoms with Crippen LogP contribution in [0.25, 0.3) is 0 Å². The zero-order chi connectivity index (χ0) is 20.6. The third-order valence-corrected chi connectivity index (χ3v) is 4.51. The molecule has 144 valence electrons. The van der Waals surface area contributed by atoms with Gasteiger partial charge in [-0.2, -0.15) is 5.26 Å². The Balaban J connectivity index is 1.64. The first-order valence-corrected chi connectivity index (χ1v) is 9.21. The van der Waals surface area contributed by atoms with Gasteiger partial charge in [0.25, 0.3) is 5.91 Å². The SMILES string of the molecule is Cc1c(Cl)cccc1N/C=C(/C#N)C(=O)Nc1ccc(Oc2ccccc2)cc1. The number of hydrogen-bond acceptors (Lipinski definition) is 4. The van der Waals surface area contributed by atoms with Crippen molar-refractivity contribution in [2.24, 2.45) is 0 Å². The molecular formula is C23H18ClN3O2. The Bertz CT molecular complexity index is 1070. The standard InChI is InChI=1S/C23H18ClN3O2/c1-16-21(24)8-5-9-22(16)26-15-17(14-25)23(28)27-18-10-12-20(13-11-18)29-19-6-3-2-4-7-19/h2-13,15,26H,1H3,(H,27,28)/b17-15-. The molecule has 3 aromatic carbocycles. The van der Waals surface area contributed by atoms with Crippen molar-refractivity contribution >= 4 is 28.9 Å². The number of ether oxygens (including phenoxy) is 1. The van der Waals surface area contributed by atoms with Crippen molar-refractivity contribution < 1.29 is 9.53 Å². The van der Waals surface area contributed by atoms with E-state index >= 15 is 0 Å². The van der Waals surface area contributed by atoms with Crippen molar-refractivity contribution in [3.05, 3.63) is 95.2 Å². The first kappa shape index (κ1) is 20.0. The molecule has 6 heteroatoms. The predicted molar refractivity (Wildman–Crippen MR) is 115 cm³/mol. The highest BCUT2D eigenvalue weighted by atomic mass is 35.5. The monoisotopic (exact) mass is 403 g/mol. The lowest BCUT2D eigenvalue weighted by atomic mass is 10.2. The maximum absolute atomic E-state index is 12.4. The molecule has 3 rings (SSSR count). The van der Waals surface area contributed by atoms with Crippen molar-refractivity contribution in [2.45, 2.75) is 6.92 Å². The van der Waals surface area contributed by atoms with E-state index in [0.29, 0.717) is 16.5 Å². The number of carbonyl (C=O) groups excluding carboxylic acids is 1. The number of para-hydroxylation sites is 1. The summed E-state index contributed by atoms with van der Waals surface area (Å²) in [4.78, 5) is 12.4. The maximum atomic E-state index is 12.4. The van der Waals surface area contributed by atoms with Crippen LogP contribution in [-0.2, 0) is 4.79 Å². The number of nitrogens with zero attached hydrogens (tertiary/aromatic N) is 1. The number of nitrogens with one attached hydrogen (secondary N) is 2. The van der Waals surface area contributed by atoms with E-state index in [1.54, 1.807) is 36.4 Å². The summed E-state index contributed by atoms with van der Waals surface area (Å²) in [5.74, 6) is 0.848. The molecule has 29 heavy (non-hydrogen) atoms. The molecule has 0 spiro atoms. The van der Waals surface area contributed by atoms with Gasteiger partial charge in [-0.05, 0) is 61.0 Å². The van der Waals surface area contributed by atoms with Gasteiger partial charge < -0.3 is 15.4 Å². The van der Waals surface area contributed by atoms with Crippen LogP contribution in [-0.4, -0.2) is 5.91 Å². The van der Waals surface area contributed by atoms with Crippen LogP contribution < -0.4 is 15.4 Å². The third-order valence-electron chi connectivity index (χ3n) is 4.10. The number of carbonyl (C=O) groups is 1. The Labute approximate surface area is 174 Å². The van der Waals surface area contributed by atoms with Crippen LogP contribution in [0.2, 0.25) is 5.02 Å². The summed E-state index contributed by atoms with van der Waals surface area (Å²) >= 11 is 6.08. The second-order valence-electron chi connectivity index (χ2n) is 6.12. The minimum absolute atomic E-state index is 0.0611.